The normalized spacial score (nSPS) is 14.6. The van der Waals surface area contributed by atoms with Crippen molar-refractivity contribution >= 4 is 27.9 Å². The summed E-state index contributed by atoms with van der Waals surface area (Å²) < 4.78 is 1.31. The molecule has 94 valence electrons. The minimum Gasteiger partial charge on any atom is -0.367 e. The molecule has 0 spiro atoms. The molecule has 0 fully saturated rings. The summed E-state index contributed by atoms with van der Waals surface area (Å²) in [5, 5.41) is 4.88. The van der Waals surface area contributed by atoms with Gasteiger partial charge in [0.1, 0.15) is 17.5 Å². The van der Waals surface area contributed by atoms with Crippen molar-refractivity contribution < 1.29 is 0 Å². The van der Waals surface area contributed by atoms with Crippen LogP contribution in [-0.2, 0) is 12.8 Å². The van der Waals surface area contributed by atoms with E-state index in [4.69, 9.17) is 0 Å². The number of thiophene rings is 1. The Morgan fingerprint density at radius 1 is 1.50 bits per heavy atom. The van der Waals surface area contributed by atoms with Crippen molar-refractivity contribution in [1.82, 2.24) is 14.6 Å². The molecule has 0 saturated carbocycles. The third kappa shape index (κ3) is 1.73. The number of aromatic nitrogens is 2. The molecule has 3 rings (SSSR count). The first-order chi connectivity index (χ1) is 8.66. The van der Waals surface area contributed by atoms with Crippen molar-refractivity contribution in [1.29, 1.82) is 0 Å². The SMILES string of the molecule is CN(C)/C=N/n1cnc2sc3c(c2c1=O)CCC3. The van der Waals surface area contributed by atoms with Crippen molar-refractivity contribution in [3.05, 3.63) is 27.1 Å². The molecule has 0 atom stereocenters. The zero-order valence-electron chi connectivity index (χ0n) is 10.4. The van der Waals surface area contributed by atoms with Crippen LogP contribution in [0.5, 0.6) is 0 Å². The first-order valence-corrected chi connectivity index (χ1v) is 6.71. The highest BCUT2D eigenvalue weighted by molar-refractivity contribution is 7.18. The molecule has 2 heterocycles. The Bertz CT molecular complexity index is 683. The molecule has 18 heavy (non-hydrogen) atoms. The van der Waals surface area contributed by atoms with Crippen LogP contribution < -0.4 is 5.56 Å². The molecule has 0 amide bonds. The van der Waals surface area contributed by atoms with Crippen molar-refractivity contribution in [2.75, 3.05) is 14.1 Å². The molecule has 5 nitrogen and oxygen atoms in total. The molecule has 0 bridgehead atoms. The highest BCUT2D eigenvalue weighted by Gasteiger charge is 2.21. The van der Waals surface area contributed by atoms with Gasteiger partial charge in [-0.2, -0.15) is 9.78 Å². The topological polar surface area (TPSA) is 50.5 Å². The van der Waals surface area contributed by atoms with E-state index in [2.05, 4.69) is 10.1 Å². The summed E-state index contributed by atoms with van der Waals surface area (Å²) in [5.41, 5.74) is 1.14. The second-order valence-electron chi connectivity index (χ2n) is 4.63. The van der Waals surface area contributed by atoms with Gasteiger partial charge in [0.05, 0.1) is 5.39 Å². The molecule has 1 aliphatic carbocycles. The number of fused-ring (bicyclic) bond motifs is 3. The Balaban J connectivity index is 2.19. The van der Waals surface area contributed by atoms with Gasteiger partial charge in [-0.05, 0) is 24.8 Å². The van der Waals surface area contributed by atoms with Crippen molar-refractivity contribution in [3.8, 4) is 0 Å². The fourth-order valence-corrected chi connectivity index (χ4v) is 3.44. The minimum atomic E-state index is -0.0579. The largest absolute Gasteiger partial charge is 0.367 e. The van der Waals surface area contributed by atoms with E-state index in [1.807, 2.05) is 14.1 Å². The lowest BCUT2D eigenvalue weighted by Gasteiger charge is -2.03. The van der Waals surface area contributed by atoms with Crippen LogP contribution >= 0.6 is 11.3 Å². The predicted molar refractivity (Wildman–Crippen MR) is 73.5 cm³/mol. The zero-order valence-corrected chi connectivity index (χ0v) is 11.2. The summed E-state index contributed by atoms with van der Waals surface area (Å²) in [6.07, 6.45) is 6.31. The maximum absolute atomic E-state index is 12.4. The van der Waals surface area contributed by atoms with Crippen LogP contribution in [0.1, 0.15) is 16.9 Å². The maximum Gasteiger partial charge on any atom is 0.283 e. The van der Waals surface area contributed by atoms with Gasteiger partial charge in [0.15, 0.2) is 0 Å². The third-order valence-corrected chi connectivity index (χ3v) is 4.22. The van der Waals surface area contributed by atoms with E-state index in [-0.39, 0.29) is 5.56 Å². The van der Waals surface area contributed by atoms with Gasteiger partial charge >= 0.3 is 0 Å². The summed E-state index contributed by atoms with van der Waals surface area (Å²) in [4.78, 5) is 20.6. The molecular weight excluding hydrogens is 248 g/mol. The van der Waals surface area contributed by atoms with Gasteiger partial charge in [-0.15, -0.1) is 11.3 Å². The molecule has 0 radical (unpaired) electrons. The zero-order chi connectivity index (χ0) is 12.7. The number of nitrogens with zero attached hydrogens (tertiary/aromatic N) is 4. The molecule has 0 aromatic carbocycles. The Labute approximate surface area is 108 Å². The minimum absolute atomic E-state index is 0.0579. The lowest BCUT2D eigenvalue weighted by atomic mass is 10.2. The molecule has 0 N–H and O–H groups in total. The monoisotopic (exact) mass is 262 g/mol. The van der Waals surface area contributed by atoms with Gasteiger partial charge in [0, 0.05) is 19.0 Å². The van der Waals surface area contributed by atoms with Crippen LogP contribution in [-0.4, -0.2) is 35.0 Å². The lowest BCUT2D eigenvalue weighted by molar-refractivity contribution is 0.629. The number of aryl methyl sites for hydroxylation is 2. The standard InChI is InChI=1S/C12H14N4OS/c1-15(2)7-14-16-6-13-11-10(12(16)17)8-4-3-5-9(8)18-11/h6-7H,3-5H2,1-2H3/b14-7+. The smallest absolute Gasteiger partial charge is 0.283 e. The molecule has 6 heteroatoms. The second kappa shape index (κ2) is 4.20. The number of hydrogen-bond acceptors (Lipinski definition) is 4. The molecule has 1 aliphatic rings. The van der Waals surface area contributed by atoms with Gasteiger partial charge < -0.3 is 4.90 Å². The van der Waals surface area contributed by atoms with E-state index in [0.717, 1.165) is 29.5 Å². The fourth-order valence-electron chi connectivity index (χ4n) is 2.22. The van der Waals surface area contributed by atoms with E-state index in [1.165, 1.54) is 21.4 Å². The van der Waals surface area contributed by atoms with E-state index in [0.29, 0.717) is 0 Å². The van der Waals surface area contributed by atoms with Crippen molar-refractivity contribution in [2.45, 2.75) is 19.3 Å². The van der Waals surface area contributed by atoms with Gasteiger partial charge in [-0.1, -0.05) is 0 Å². The highest BCUT2D eigenvalue weighted by atomic mass is 32.1. The van der Waals surface area contributed by atoms with Crippen molar-refractivity contribution in [3.63, 3.8) is 0 Å². The van der Waals surface area contributed by atoms with Crippen molar-refractivity contribution in [2.24, 2.45) is 5.10 Å². The average Bonchev–Trinajstić information content (AvgIpc) is 2.87. The average molecular weight is 262 g/mol. The number of hydrogen-bond donors (Lipinski definition) is 0. The van der Waals surface area contributed by atoms with E-state index < -0.39 is 0 Å². The van der Waals surface area contributed by atoms with E-state index >= 15 is 0 Å². The number of rotatable bonds is 2. The van der Waals surface area contributed by atoms with Crippen LogP contribution in [0.4, 0.5) is 0 Å². The Morgan fingerprint density at radius 2 is 2.33 bits per heavy atom. The molecule has 0 aliphatic heterocycles. The van der Waals surface area contributed by atoms with Crippen LogP contribution in [0.25, 0.3) is 10.2 Å². The molecule has 0 saturated heterocycles. The molecular formula is C12H14N4OS. The Kier molecular flexibility index (Phi) is 2.66. The quantitative estimate of drug-likeness (QED) is 0.605. The molecule has 2 aromatic rings. The first-order valence-electron chi connectivity index (χ1n) is 5.89. The lowest BCUT2D eigenvalue weighted by Crippen LogP contribution is -2.19. The van der Waals surface area contributed by atoms with Crippen LogP contribution in [0.2, 0.25) is 0 Å². The summed E-state index contributed by atoms with van der Waals surface area (Å²) in [7, 11) is 3.73. The van der Waals surface area contributed by atoms with Crippen LogP contribution in [0.3, 0.4) is 0 Å². The predicted octanol–water partition coefficient (Wildman–Crippen LogP) is 1.30. The third-order valence-electron chi connectivity index (χ3n) is 3.02. The van der Waals surface area contributed by atoms with Crippen LogP contribution in [0, 0.1) is 0 Å². The first kappa shape index (κ1) is 11.4. The van der Waals surface area contributed by atoms with E-state index in [1.54, 1.807) is 22.6 Å². The van der Waals surface area contributed by atoms with Gasteiger partial charge in [-0.25, -0.2) is 4.98 Å². The van der Waals surface area contributed by atoms with Crippen LogP contribution in [0.15, 0.2) is 16.2 Å². The Hall–Kier alpha value is -1.69. The van der Waals surface area contributed by atoms with Gasteiger partial charge in [-0.3, -0.25) is 4.79 Å². The summed E-state index contributed by atoms with van der Waals surface area (Å²) in [6, 6.07) is 0. The van der Waals surface area contributed by atoms with E-state index in [9.17, 15) is 4.79 Å². The highest BCUT2D eigenvalue weighted by Crippen LogP contribution is 2.34. The summed E-state index contributed by atoms with van der Waals surface area (Å²) >= 11 is 1.65. The van der Waals surface area contributed by atoms with Gasteiger partial charge in [0.2, 0.25) is 0 Å². The van der Waals surface area contributed by atoms with Gasteiger partial charge in [0.25, 0.3) is 5.56 Å². The second-order valence-corrected chi connectivity index (χ2v) is 5.71. The maximum atomic E-state index is 12.4. The summed E-state index contributed by atoms with van der Waals surface area (Å²) in [6.45, 7) is 0. The molecule has 0 unspecified atom stereocenters. The summed E-state index contributed by atoms with van der Waals surface area (Å²) in [5.74, 6) is 0. The molecule has 2 aromatic heterocycles. The fraction of sp³-hybridized carbons (Fsp3) is 0.417. The Morgan fingerprint density at radius 3 is 3.11 bits per heavy atom.